The van der Waals surface area contributed by atoms with Crippen LogP contribution >= 0.6 is 0 Å². The normalized spacial score (nSPS) is 10.8. The molecule has 0 aliphatic rings. The fourth-order valence-corrected chi connectivity index (χ4v) is 3.83. The number of fused-ring (bicyclic) bond motifs is 2. The Hall–Kier alpha value is -4.24. The van der Waals surface area contributed by atoms with Crippen molar-refractivity contribution in [2.75, 3.05) is 25.6 Å². The number of nitrogens with zero attached hydrogens (tertiary/aromatic N) is 5. The van der Waals surface area contributed by atoms with Gasteiger partial charge in [-0.3, -0.25) is 18.9 Å². The van der Waals surface area contributed by atoms with Crippen molar-refractivity contribution in [2.45, 2.75) is 27.3 Å². The summed E-state index contributed by atoms with van der Waals surface area (Å²) in [6.07, 6.45) is 5.09. The van der Waals surface area contributed by atoms with E-state index >= 15 is 0 Å². The van der Waals surface area contributed by atoms with E-state index in [1.165, 1.54) is 0 Å². The summed E-state index contributed by atoms with van der Waals surface area (Å²) in [4.78, 5) is 22.0. The van der Waals surface area contributed by atoms with Crippen LogP contribution in [0.1, 0.15) is 35.7 Å². The molecule has 186 valence electrons. The first-order valence-corrected chi connectivity index (χ1v) is 11.9. The Kier molecular flexibility index (Phi) is 7.92. The van der Waals surface area contributed by atoms with Gasteiger partial charge in [-0.15, -0.1) is 0 Å². The number of aryl methyl sites for hydroxylation is 1. The van der Waals surface area contributed by atoms with Crippen LogP contribution in [0.4, 0.5) is 5.69 Å². The molecule has 0 bridgehead atoms. The lowest BCUT2D eigenvalue weighted by molar-refractivity contribution is 0.102. The van der Waals surface area contributed by atoms with Crippen molar-refractivity contribution in [3.05, 3.63) is 84.2 Å². The first-order valence-electron chi connectivity index (χ1n) is 11.9. The van der Waals surface area contributed by atoms with Gasteiger partial charge in [0.15, 0.2) is 0 Å². The number of benzene rings is 1. The largest absolute Gasteiger partial charge is 0.491 e. The van der Waals surface area contributed by atoms with Gasteiger partial charge in [0.25, 0.3) is 5.91 Å². The maximum absolute atomic E-state index is 13.1. The number of rotatable bonds is 8. The summed E-state index contributed by atoms with van der Waals surface area (Å²) < 4.78 is 14.2. The number of carbonyl (C=O) groups excluding carboxylic acids is 1. The highest BCUT2D eigenvalue weighted by Crippen LogP contribution is 2.25. The van der Waals surface area contributed by atoms with Crippen LogP contribution in [0.3, 0.4) is 0 Å². The van der Waals surface area contributed by atoms with Gasteiger partial charge in [-0.25, -0.2) is 4.98 Å². The van der Waals surface area contributed by atoms with Crippen molar-refractivity contribution in [3.8, 4) is 5.75 Å². The van der Waals surface area contributed by atoms with Gasteiger partial charge >= 0.3 is 0 Å². The van der Waals surface area contributed by atoms with E-state index in [0.29, 0.717) is 42.5 Å². The van der Waals surface area contributed by atoms with Crippen LogP contribution in [0.15, 0.2) is 67.1 Å². The summed E-state index contributed by atoms with van der Waals surface area (Å²) in [5.41, 5.74) is 4.53. The monoisotopic (exact) mass is 486 g/mol. The number of anilines is 1. The van der Waals surface area contributed by atoms with E-state index in [-0.39, 0.29) is 5.91 Å². The zero-order valence-corrected chi connectivity index (χ0v) is 20.9. The molecule has 0 saturated carbocycles. The SMILES string of the molecule is CC.COCCOc1ccn2c(C(=O)Nc3cccc4c3cnn4Cc3cccc(C)n3)cnc2c1. The number of hydrogen-bond donors (Lipinski definition) is 1. The van der Waals surface area contributed by atoms with E-state index < -0.39 is 0 Å². The van der Waals surface area contributed by atoms with Crippen LogP contribution in [0.5, 0.6) is 5.75 Å². The highest BCUT2D eigenvalue weighted by molar-refractivity contribution is 6.08. The predicted molar refractivity (Wildman–Crippen MR) is 140 cm³/mol. The lowest BCUT2D eigenvalue weighted by Crippen LogP contribution is -2.14. The first kappa shape index (κ1) is 24.9. The predicted octanol–water partition coefficient (Wildman–Crippen LogP) is 4.74. The van der Waals surface area contributed by atoms with Gasteiger partial charge in [0.05, 0.1) is 42.4 Å². The van der Waals surface area contributed by atoms with Crippen molar-refractivity contribution >= 4 is 28.1 Å². The van der Waals surface area contributed by atoms with Gasteiger partial charge in [0, 0.05) is 30.5 Å². The number of amides is 1. The van der Waals surface area contributed by atoms with Crippen LogP contribution < -0.4 is 10.1 Å². The van der Waals surface area contributed by atoms with Crippen molar-refractivity contribution < 1.29 is 14.3 Å². The Morgan fingerprint density at radius 3 is 2.69 bits per heavy atom. The Balaban J connectivity index is 0.00000148. The van der Waals surface area contributed by atoms with Crippen LogP contribution in [0, 0.1) is 6.92 Å². The van der Waals surface area contributed by atoms with E-state index in [9.17, 15) is 4.79 Å². The molecular formula is C27H30N6O3. The molecule has 0 fully saturated rings. The van der Waals surface area contributed by atoms with E-state index in [1.807, 2.05) is 61.9 Å². The molecule has 0 saturated heterocycles. The molecule has 0 spiro atoms. The van der Waals surface area contributed by atoms with Crippen molar-refractivity contribution in [1.82, 2.24) is 24.1 Å². The minimum absolute atomic E-state index is 0.263. The van der Waals surface area contributed by atoms with Crippen molar-refractivity contribution in [3.63, 3.8) is 0 Å². The molecule has 0 unspecified atom stereocenters. The molecule has 0 aliphatic heterocycles. The maximum Gasteiger partial charge on any atom is 0.274 e. The summed E-state index contributed by atoms with van der Waals surface area (Å²) in [7, 11) is 1.62. The molecule has 36 heavy (non-hydrogen) atoms. The van der Waals surface area contributed by atoms with Crippen LogP contribution in [-0.4, -0.2) is 50.4 Å². The zero-order chi connectivity index (χ0) is 25.5. The lowest BCUT2D eigenvalue weighted by atomic mass is 10.2. The molecule has 0 atom stereocenters. The summed E-state index contributed by atoms with van der Waals surface area (Å²) in [6.45, 7) is 7.45. The number of imidazole rings is 1. The Labute approximate surface area is 209 Å². The van der Waals surface area contributed by atoms with Crippen LogP contribution in [0.2, 0.25) is 0 Å². The molecule has 0 radical (unpaired) electrons. The minimum atomic E-state index is -0.263. The molecule has 1 amide bonds. The average molecular weight is 487 g/mol. The van der Waals surface area contributed by atoms with Gasteiger partial charge in [-0.1, -0.05) is 26.0 Å². The number of ether oxygens (including phenoxy) is 2. The fraction of sp³-hybridized carbons (Fsp3) is 0.259. The minimum Gasteiger partial charge on any atom is -0.491 e. The zero-order valence-electron chi connectivity index (χ0n) is 20.9. The van der Waals surface area contributed by atoms with Crippen molar-refractivity contribution in [2.24, 2.45) is 0 Å². The van der Waals surface area contributed by atoms with E-state index in [2.05, 4.69) is 20.4 Å². The number of pyridine rings is 2. The van der Waals surface area contributed by atoms with Gasteiger partial charge in [0.1, 0.15) is 23.7 Å². The number of carbonyl (C=O) groups is 1. The third-order valence-corrected chi connectivity index (χ3v) is 5.47. The summed E-state index contributed by atoms with van der Waals surface area (Å²) in [5.74, 6) is 0.406. The number of aromatic nitrogens is 5. The maximum atomic E-state index is 13.1. The second-order valence-electron chi connectivity index (χ2n) is 7.84. The second kappa shape index (κ2) is 11.5. The Bertz CT molecular complexity index is 1470. The van der Waals surface area contributed by atoms with Crippen LogP contribution in [-0.2, 0) is 11.3 Å². The molecule has 1 N–H and O–H groups in total. The average Bonchev–Trinajstić information content (AvgIpc) is 3.50. The summed E-state index contributed by atoms with van der Waals surface area (Å²) in [6, 6.07) is 15.3. The van der Waals surface area contributed by atoms with Crippen LogP contribution in [0.25, 0.3) is 16.6 Å². The molecule has 9 heteroatoms. The lowest BCUT2D eigenvalue weighted by Gasteiger charge is -2.09. The number of nitrogens with one attached hydrogen (secondary N) is 1. The molecule has 1 aromatic carbocycles. The smallest absolute Gasteiger partial charge is 0.274 e. The highest BCUT2D eigenvalue weighted by Gasteiger charge is 2.15. The number of hydrogen-bond acceptors (Lipinski definition) is 6. The molecule has 4 aromatic heterocycles. The summed E-state index contributed by atoms with van der Waals surface area (Å²) >= 11 is 0. The van der Waals surface area contributed by atoms with Gasteiger partial charge in [-0.2, -0.15) is 5.10 Å². The van der Waals surface area contributed by atoms with E-state index in [4.69, 9.17) is 9.47 Å². The van der Waals surface area contributed by atoms with E-state index in [1.54, 1.807) is 42.2 Å². The second-order valence-corrected chi connectivity index (χ2v) is 7.84. The van der Waals surface area contributed by atoms with Gasteiger partial charge in [0.2, 0.25) is 0 Å². The topological polar surface area (TPSA) is 95.6 Å². The molecule has 4 heterocycles. The van der Waals surface area contributed by atoms with Crippen molar-refractivity contribution in [1.29, 1.82) is 0 Å². The van der Waals surface area contributed by atoms with E-state index in [0.717, 1.165) is 22.3 Å². The standard InChI is InChI=1S/C25H24N6O3.C2H6/c1-17-5-3-6-18(28-17)16-31-22-8-4-7-21(20(22)14-27-31)29-25(32)23-15-26-24-13-19(9-10-30(23)24)34-12-11-33-2;1-2/h3-10,13-15H,11-12,16H2,1-2H3,(H,29,32);1-2H3. The molecule has 9 nitrogen and oxygen atoms in total. The Morgan fingerprint density at radius 2 is 1.89 bits per heavy atom. The summed E-state index contributed by atoms with van der Waals surface area (Å²) in [5, 5.41) is 8.38. The van der Waals surface area contributed by atoms with Gasteiger partial charge in [-0.05, 0) is 37.3 Å². The van der Waals surface area contributed by atoms with Gasteiger partial charge < -0.3 is 14.8 Å². The molecule has 5 rings (SSSR count). The quantitative estimate of drug-likeness (QED) is 0.318. The third kappa shape index (κ3) is 5.36. The first-order chi connectivity index (χ1) is 17.6. The molecule has 0 aliphatic carbocycles. The molecule has 5 aromatic rings. The fourth-order valence-electron chi connectivity index (χ4n) is 3.83. The third-order valence-electron chi connectivity index (χ3n) is 5.47. The number of methoxy groups -OCH3 is 1. The highest BCUT2D eigenvalue weighted by atomic mass is 16.5. The Morgan fingerprint density at radius 1 is 1.06 bits per heavy atom. The molecular weight excluding hydrogens is 456 g/mol.